The van der Waals surface area contributed by atoms with Crippen molar-refractivity contribution < 1.29 is 4.52 Å². The van der Waals surface area contributed by atoms with Gasteiger partial charge in [-0.15, -0.1) is 12.4 Å². The molecule has 5 nitrogen and oxygen atoms in total. The Bertz CT molecular complexity index is 367. The molecular weight excluding hydrogens is 252 g/mol. The van der Waals surface area contributed by atoms with E-state index in [-0.39, 0.29) is 18.4 Å². The van der Waals surface area contributed by atoms with Gasteiger partial charge in [-0.05, 0) is 25.8 Å². The third-order valence-electron chi connectivity index (χ3n) is 3.40. The van der Waals surface area contributed by atoms with E-state index in [0.29, 0.717) is 11.8 Å². The Morgan fingerprint density at radius 2 is 2.17 bits per heavy atom. The van der Waals surface area contributed by atoms with Crippen LogP contribution in [-0.2, 0) is 6.54 Å². The standard InChI is InChI=1S/C12H22N4O.ClH/c1-8(2)12-14-11(15-17-12)7-16-5-4-10(6-16)9(3)13;/h8-10H,4-7,13H2,1-3H3;1H. The van der Waals surface area contributed by atoms with Crippen LogP contribution in [0.2, 0.25) is 0 Å². The quantitative estimate of drug-likeness (QED) is 0.906. The molecule has 0 aliphatic carbocycles. The van der Waals surface area contributed by atoms with Gasteiger partial charge in [0.25, 0.3) is 0 Å². The summed E-state index contributed by atoms with van der Waals surface area (Å²) in [5.74, 6) is 2.42. The first-order chi connectivity index (χ1) is 8.06. The Kier molecular flexibility index (Phi) is 5.56. The van der Waals surface area contributed by atoms with Gasteiger partial charge in [0.1, 0.15) is 0 Å². The monoisotopic (exact) mass is 274 g/mol. The first-order valence-electron chi connectivity index (χ1n) is 6.36. The lowest BCUT2D eigenvalue weighted by Gasteiger charge is -2.15. The number of nitrogens with zero attached hydrogens (tertiary/aromatic N) is 3. The number of hydrogen-bond donors (Lipinski definition) is 1. The van der Waals surface area contributed by atoms with Crippen LogP contribution in [0.5, 0.6) is 0 Å². The maximum atomic E-state index is 5.92. The van der Waals surface area contributed by atoms with Gasteiger partial charge in [0.2, 0.25) is 5.89 Å². The van der Waals surface area contributed by atoms with Gasteiger partial charge < -0.3 is 10.3 Å². The van der Waals surface area contributed by atoms with E-state index in [2.05, 4.69) is 35.8 Å². The minimum absolute atomic E-state index is 0. The van der Waals surface area contributed by atoms with Crippen molar-refractivity contribution in [3.05, 3.63) is 11.7 Å². The molecule has 18 heavy (non-hydrogen) atoms. The highest BCUT2D eigenvalue weighted by Crippen LogP contribution is 2.20. The van der Waals surface area contributed by atoms with Gasteiger partial charge in [-0.2, -0.15) is 4.98 Å². The molecule has 2 N–H and O–H groups in total. The molecule has 2 rings (SSSR count). The molecule has 6 heteroatoms. The summed E-state index contributed by atoms with van der Waals surface area (Å²) in [6.45, 7) is 9.10. The summed E-state index contributed by atoms with van der Waals surface area (Å²) in [6, 6.07) is 0.275. The summed E-state index contributed by atoms with van der Waals surface area (Å²) < 4.78 is 5.20. The Hall–Kier alpha value is -0.650. The molecule has 0 radical (unpaired) electrons. The van der Waals surface area contributed by atoms with Gasteiger partial charge in [0, 0.05) is 18.5 Å². The van der Waals surface area contributed by atoms with E-state index >= 15 is 0 Å². The lowest BCUT2D eigenvalue weighted by molar-refractivity contribution is 0.291. The van der Waals surface area contributed by atoms with Crippen LogP contribution in [0.4, 0.5) is 0 Å². The molecule has 2 unspecified atom stereocenters. The fourth-order valence-electron chi connectivity index (χ4n) is 2.20. The molecule has 1 aromatic rings. The van der Waals surface area contributed by atoms with Gasteiger partial charge in [0.15, 0.2) is 5.82 Å². The zero-order valence-corrected chi connectivity index (χ0v) is 12.1. The molecule has 0 aromatic carbocycles. The van der Waals surface area contributed by atoms with E-state index in [1.165, 1.54) is 6.42 Å². The van der Waals surface area contributed by atoms with Crippen LogP contribution in [0.15, 0.2) is 4.52 Å². The van der Waals surface area contributed by atoms with Gasteiger partial charge in [0.05, 0.1) is 6.54 Å². The zero-order valence-electron chi connectivity index (χ0n) is 11.3. The second-order valence-electron chi connectivity index (χ2n) is 5.35. The van der Waals surface area contributed by atoms with Crippen LogP contribution in [0, 0.1) is 5.92 Å². The summed E-state index contributed by atoms with van der Waals surface area (Å²) in [5.41, 5.74) is 5.92. The van der Waals surface area contributed by atoms with Crippen molar-refractivity contribution in [2.75, 3.05) is 13.1 Å². The molecule has 1 saturated heterocycles. The first-order valence-corrected chi connectivity index (χ1v) is 6.36. The molecule has 0 saturated carbocycles. The van der Waals surface area contributed by atoms with Crippen molar-refractivity contribution in [1.29, 1.82) is 0 Å². The van der Waals surface area contributed by atoms with Crippen molar-refractivity contribution in [2.45, 2.75) is 45.7 Å². The van der Waals surface area contributed by atoms with Crippen molar-refractivity contribution in [2.24, 2.45) is 11.7 Å². The molecular formula is C12H23ClN4O. The van der Waals surface area contributed by atoms with Crippen LogP contribution >= 0.6 is 12.4 Å². The molecule has 2 heterocycles. The maximum absolute atomic E-state index is 5.92. The van der Waals surface area contributed by atoms with Crippen LogP contribution in [0.1, 0.15) is 44.8 Å². The Morgan fingerprint density at radius 1 is 1.44 bits per heavy atom. The molecule has 2 atom stereocenters. The normalized spacial score (nSPS) is 22.2. The summed E-state index contributed by atoms with van der Waals surface area (Å²) in [5, 5.41) is 4.01. The third kappa shape index (κ3) is 3.67. The molecule has 1 fully saturated rings. The predicted molar refractivity (Wildman–Crippen MR) is 72.7 cm³/mol. The summed E-state index contributed by atoms with van der Waals surface area (Å²) >= 11 is 0. The average molecular weight is 275 g/mol. The predicted octanol–water partition coefficient (Wildman–Crippen LogP) is 1.78. The minimum Gasteiger partial charge on any atom is -0.339 e. The zero-order chi connectivity index (χ0) is 12.4. The van der Waals surface area contributed by atoms with E-state index in [1.807, 2.05) is 0 Å². The molecule has 0 amide bonds. The van der Waals surface area contributed by atoms with Gasteiger partial charge in [-0.25, -0.2) is 0 Å². The van der Waals surface area contributed by atoms with Gasteiger partial charge >= 0.3 is 0 Å². The smallest absolute Gasteiger partial charge is 0.229 e. The maximum Gasteiger partial charge on any atom is 0.229 e. The molecule has 0 bridgehead atoms. The lowest BCUT2D eigenvalue weighted by Crippen LogP contribution is -2.29. The number of hydrogen-bond acceptors (Lipinski definition) is 5. The van der Waals surface area contributed by atoms with Gasteiger partial charge in [-0.3, -0.25) is 4.90 Å². The summed E-state index contributed by atoms with van der Waals surface area (Å²) in [4.78, 5) is 6.74. The van der Waals surface area contributed by atoms with Crippen LogP contribution in [0.3, 0.4) is 0 Å². The molecule has 0 spiro atoms. The number of rotatable bonds is 4. The second-order valence-corrected chi connectivity index (χ2v) is 5.35. The average Bonchev–Trinajstić information content (AvgIpc) is 2.87. The Labute approximate surface area is 115 Å². The highest BCUT2D eigenvalue weighted by molar-refractivity contribution is 5.85. The third-order valence-corrected chi connectivity index (χ3v) is 3.40. The summed E-state index contributed by atoms with van der Waals surface area (Å²) in [6.07, 6.45) is 1.17. The minimum atomic E-state index is 0. The van der Waals surface area contributed by atoms with E-state index in [9.17, 15) is 0 Å². The Balaban J connectivity index is 0.00000162. The van der Waals surface area contributed by atoms with Crippen molar-refractivity contribution in [1.82, 2.24) is 15.0 Å². The number of nitrogens with two attached hydrogens (primary N) is 1. The molecule has 1 aromatic heterocycles. The van der Waals surface area contributed by atoms with E-state index in [1.54, 1.807) is 0 Å². The Morgan fingerprint density at radius 3 is 2.67 bits per heavy atom. The number of aromatic nitrogens is 2. The van der Waals surface area contributed by atoms with E-state index in [4.69, 9.17) is 10.3 Å². The van der Waals surface area contributed by atoms with Gasteiger partial charge in [-0.1, -0.05) is 19.0 Å². The van der Waals surface area contributed by atoms with Crippen molar-refractivity contribution >= 4 is 12.4 Å². The molecule has 1 aliphatic rings. The topological polar surface area (TPSA) is 68.2 Å². The lowest BCUT2D eigenvalue weighted by atomic mass is 10.0. The summed E-state index contributed by atoms with van der Waals surface area (Å²) in [7, 11) is 0. The highest BCUT2D eigenvalue weighted by atomic mass is 35.5. The SMILES string of the molecule is CC(C)c1nc(CN2CCC(C(C)N)C2)no1.Cl. The molecule has 1 aliphatic heterocycles. The van der Waals surface area contributed by atoms with Crippen LogP contribution in [-0.4, -0.2) is 34.2 Å². The first kappa shape index (κ1) is 15.4. The van der Waals surface area contributed by atoms with E-state index < -0.39 is 0 Å². The van der Waals surface area contributed by atoms with Crippen LogP contribution in [0.25, 0.3) is 0 Å². The second kappa shape index (κ2) is 6.50. The fourth-order valence-corrected chi connectivity index (χ4v) is 2.20. The van der Waals surface area contributed by atoms with Crippen molar-refractivity contribution in [3.8, 4) is 0 Å². The van der Waals surface area contributed by atoms with E-state index in [0.717, 1.165) is 31.3 Å². The number of likely N-dealkylation sites (tertiary alicyclic amines) is 1. The fraction of sp³-hybridized carbons (Fsp3) is 0.833. The largest absolute Gasteiger partial charge is 0.339 e. The highest BCUT2D eigenvalue weighted by Gasteiger charge is 2.26. The molecule has 104 valence electrons. The van der Waals surface area contributed by atoms with Crippen molar-refractivity contribution in [3.63, 3.8) is 0 Å². The van der Waals surface area contributed by atoms with Crippen LogP contribution < -0.4 is 5.73 Å². The number of halogens is 1.